The molecule has 0 nitrogen and oxygen atoms in total. The van der Waals surface area contributed by atoms with Crippen LogP contribution in [-0.2, 0) is 12.8 Å². The van der Waals surface area contributed by atoms with Crippen molar-refractivity contribution in [1.29, 1.82) is 0 Å². The molecule has 0 aliphatic heterocycles. The Labute approximate surface area is 197 Å². The number of hydrogen-bond donors (Lipinski definition) is 0. The van der Waals surface area contributed by atoms with Gasteiger partial charge in [0.15, 0.2) is 0 Å². The Balaban J connectivity index is 1.43. The van der Waals surface area contributed by atoms with E-state index in [2.05, 4.69) is 104 Å². The maximum atomic E-state index is 2.39. The highest BCUT2D eigenvalue weighted by atomic mass is 14.3. The summed E-state index contributed by atoms with van der Waals surface area (Å²) in [7, 11) is 0. The van der Waals surface area contributed by atoms with Gasteiger partial charge in [-0.15, -0.1) is 0 Å². The minimum absolute atomic E-state index is 0.428. The summed E-state index contributed by atoms with van der Waals surface area (Å²) in [5.74, 6) is 0.428. The predicted octanol–water partition coefficient (Wildman–Crippen LogP) is 8.76. The van der Waals surface area contributed by atoms with E-state index in [1.165, 1.54) is 69.3 Å². The number of fused-ring (bicyclic) bond motifs is 5. The largest absolute Gasteiger partial charge is 0.0839 e. The summed E-state index contributed by atoms with van der Waals surface area (Å²) in [5, 5.41) is 0. The quantitative estimate of drug-likeness (QED) is 0.300. The van der Waals surface area contributed by atoms with Gasteiger partial charge in [0.1, 0.15) is 0 Å². The second-order valence-electron chi connectivity index (χ2n) is 9.63. The van der Waals surface area contributed by atoms with Gasteiger partial charge < -0.3 is 0 Å². The fourth-order valence-electron chi connectivity index (χ4n) is 5.77. The van der Waals surface area contributed by atoms with Crippen molar-refractivity contribution in [3.63, 3.8) is 0 Å². The summed E-state index contributed by atoms with van der Waals surface area (Å²) in [5.41, 5.74) is 14.3. The Bertz CT molecular complexity index is 1320. The molecule has 2 aliphatic rings. The van der Waals surface area contributed by atoms with Crippen molar-refractivity contribution in [1.82, 2.24) is 0 Å². The molecule has 0 spiro atoms. The van der Waals surface area contributed by atoms with Crippen LogP contribution in [0.3, 0.4) is 0 Å². The zero-order chi connectivity index (χ0) is 22.2. The fourth-order valence-corrected chi connectivity index (χ4v) is 5.77. The van der Waals surface area contributed by atoms with Gasteiger partial charge in [-0.1, -0.05) is 103 Å². The first kappa shape index (κ1) is 20.2. The number of allylic oxidation sites excluding steroid dienone is 1. The number of benzene rings is 4. The van der Waals surface area contributed by atoms with Gasteiger partial charge >= 0.3 is 0 Å². The number of rotatable bonds is 2. The van der Waals surface area contributed by atoms with E-state index in [0.29, 0.717) is 5.92 Å². The van der Waals surface area contributed by atoms with Crippen LogP contribution in [0.25, 0.3) is 28.3 Å². The van der Waals surface area contributed by atoms with Gasteiger partial charge in [0, 0.05) is 5.92 Å². The van der Waals surface area contributed by atoms with Crippen LogP contribution in [0, 0.1) is 6.92 Å². The molecule has 1 atom stereocenters. The number of aryl methyl sites for hydroxylation is 2. The molecule has 162 valence electrons. The van der Waals surface area contributed by atoms with Crippen LogP contribution in [0.2, 0.25) is 0 Å². The molecular weight excluding hydrogens is 396 g/mol. The zero-order valence-corrected chi connectivity index (χ0v) is 19.4. The van der Waals surface area contributed by atoms with E-state index >= 15 is 0 Å². The SMILES string of the molecule is Cc1ccc(-c2ccc(C3CCc4ccc5c(c4-c4ccccc43)CCCC=C5)cc2)cc1. The van der Waals surface area contributed by atoms with Crippen molar-refractivity contribution in [2.24, 2.45) is 0 Å². The van der Waals surface area contributed by atoms with E-state index in [1.54, 1.807) is 5.56 Å². The van der Waals surface area contributed by atoms with Crippen LogP contribution in [-0.4, -0.2) is 0 Å². The van der Waals surface area contributed by atoms with E-state index < -0.39 is 0 Å². The molecule has 0 radical (unpaired) electrons. The molecule has 0 aromatic heterocycles. The third kappa shape index (κ3) is 3.74. The summed E-state index contributed by atoms with van der Waals surface area (Å²) >= 11 is 0. The molecular formula is C33H30. The average molecular weight is 427 g/mol. The lowest BCUT2D eigenvalue weighted by atomic mass is 9.84. The third-order valence-corrected chi connectivity index (χ3v) is 7.54. The topological polar surface area (TPSA) is 0 Å². The molecule has 0 saturated heterocycles. The lowest BCUT2D eigenvalue weighted by Crippen LogP contribution is -2.02. The monoisotopic (exact) mass is 426 g/mol. The van der Waals surface area contributed by atoms with Crippen molar-refractivity contribution in [2.45, 2.75) is 44.9 Å². The van der Waals surface area contributed by atoms with Crippen molar-refractivity contribution in [3.05, 3.63) is 124 Å². The van der Waals surface area contributed by atoms with Crippen LogP contribution >= 0.6 is 0 Å². The first-order chi connectivity index (χ1) is 16.3. The molecule has 4 aromatic carbocycles. The standard InChI is InChI=1S/C33H30/c1-23-11-13-24(14-12-23)25-15-17-27(18-16-25)29-22-21-28-20-19-26-7-3-2-4-8-30(26)33(28)32-10-6-5-9-31(29)32/h3,5-7,9-20,29H,2,4,8,21-22H2,1H3. The van der Waals surface area contributed by atoms with Gasteiger partial charge in [-0.3, -0.25) is 0 Å². The smallest absolute Gasteiger partial charge is 0.00986 e. The van der Waals surface area contributed by atoms with E-state index in [9.17, 15) is 0 Å². The fraction of sp³-hybridized carbons (Fsp3) is 0.212. The van der Waals surface area contributed by atoms with Crippen LogP contribution < -0.4 is 0 Å². The summed E-state index contributed by atoms with van der Waals surface area (Å²) in [6.45, 7) is 2.14. The van der Waals surface area contributed by atoms with Crippen LogP contribution in [0.4, 0.5) is 0 Å². The Morgan fingerprint density at radius 1 is 0.727 bits per heavy atom. The van der Waals surface area contributed by atoms with Crippen molar-refractivity contribution < 1.29 is 0 Å². The third-order valence-electron chi connectivity index (χ3n) is 7.54. The normalized spacial score (nSPS) is 16.8. The molecule has 1 unspecified atom stereocenters. The second kappa shape index (κ2) is 8.52. The van der Waals surface area contributed by atoms with Crippen LogP contribution in [0.5, 0.6) is 0 Å². The van der Waals surface area contributed by atoms with Crippen LogP contribution in [0.15, 0.2) is 91.0 Å². The highest BCUT2D eigenvalue weighted by Gasteiger charge is 2.26. The van der Waals surface area contributed by atoms with E-state index in [4.69, 9.17) is 0 Å². The minimum atomic E-state index is 0.428. The molecule has 2 aliphatic carbocycles. The predicted molar refractivity (Wildman–Crippen MR) is 141 cm³/mol. The Hall–Kier alpha value is -3.38. The molecule has 0 saturated carbocycles. The van der Waals surface area contributed by atoms with Crippen molar-refractivity contribution in [2.75, 3.05) is 0 Å². The van der Waals surface area contributed by atoms with E-state index in [-0.39, 0.29) is 0 Å². The Kier molecular flexibility index (Phi) is 5.23. The first-order valence-corrected chi connectivity index (χ1v) is 12.4. The van der Waals surface area contributed by atoms with Gasteiger partial charge in [0.25, 0.3) is 0 Å². The zero-order valence-electron chi connectivity index (χ0n) is 19.4. The van der Waals surface area contributed by atoms with Crippen molar-refractivity contribution >= 4 is 6.08 Å². The van der Waals surface area contributed by atoms with Crippen molar-refractivity contribution in [3.8, 4) is 22.3 Å². The molecule has 33 heavy (non-hydrogen) atoms. The summed E-state index contributed by atoms with van der Waals surface area (Å²) in [6, 6.07) is 32.1. The first-order valence-electron chi connectivity index (χ1n) is 12.4. The Morgan fingerprint density at radius 2 is 1.48 bits per heavy atom. The molecule has 0 heteroatoms. The molecule has 0 N–H and O–H groups in total. The lowest BCUT2D eigenvalue weighted by Gasteiger charge is -2.20. The lowest BCUT2D eigenvalue weighted by molar-refractivity contribution is 0.725. The summed E-state index contributed by atoms with van der Waals surface area (Å²) in [6.07, 6.45) is 10.6. The van der Waals surface area contributed by atoms with Gasteiger partial charge in [-0.05, 0) is 89.1 Å². The van der Waals surface area contributed by atoms with Gasteiger partial charge in [-0.2, -0.15) is 0 Å². The molecule has 0 fully saturated rings. The van der Waals surface area contributed by atoms with Gasteiger partial charge in [0.05, 0.1) is 0 Å². The summed E-state index contributed by atoms with van der Waals surface area (Å²) < 4.78 is 0. The van der Waals surface area contributed by atoms with E-state index in [0.717, 1.165) is 12.8 Å². The summed E-state index contributed by atoms with van der Waals surface area (Å²) in [4.78, 5) is 0. The van der Waals surface area contributed by atoms with Gasteiger partial charge in [0.2, 0.25) is 0 Å². The maximum absolute atomic E-state index is 2.39. The van der Waals surface area contributed by atoms with Gasteiger partial charge in [-0.25, -0.2) is 0 Å². The molecule has 0 heterocycles. The van der Waals surface area contributed by atoms with Crippen LogP contribution in [0.1, 0.15) is 58.6 Å². The highest BCUT2D eigenvalue weighted by molar-refractivity contribution is 5.80. The molecule has 6 rings (SSSR count). The Morgan fingerprint density at radius 3 is 2.30 bits per heavy atom. The average Bonchev–Trinajstić information content (AvgIpc) is 3.19. The maximum Gasteiger partial charge on any atom is 0.00986 e. The molecule has 0 amide bonds. The molecule has 4 aromatic rings. The molecule has 0 bridgehead atoms. The second-order valence-corrected chi connectivity index (χ2v) is 9.63. The number of hydrogen-bond acceptors (Lipinski definition) is 0. The highest BCUT2D eigenvalue weighted by Crippen LogP contribution is 2.44. The van der Waals surface area contributed by atoms with E-state index in [1.807, 2.05) is 0 Å². The minimum Gasteiger partial charge on any atom is -0.0839 e.